The largest absolute Gasteiger partial charge is 0.314 e. The molecule has 2 atom stereocenters. The third kappa shape index (κ3) is 2.66. The summed E-state index contributed by atoms with van der Waals surface area (Å²) in [6.07, 6.45) is 5.53. The van der Waals surface area contributed by atoms with E-state index in [0.29, 0.717) is 0 Å². The second-order valence-electron chi connectivity index (χ2n) is 4.16. The summed E-state index contributed by atoms with van der Waals surface area (Å²) in [6.45, 7) is 4.49. The van der Waals surface area contributed by atoms with Crippen molar-refractivity contribution in [2.75, 3.05) is 26.2 Å². The van der Waals surface area contributed by atoms with Crippen molar-refractivity contribution in [3.05, 3.63) is 0 Å². The average Bonchev–Trinajstić information content (AvgIpc) is 2.28. The van der Waals surface area contributed by atoms with Crippen LogP contribution in [0.2, 0.25) is 0 Å². The molecule has 0 radical (unpaired) electrons. The van der Waals surface area contributed by atoms with Crippen LogP contribution in [-0.4, -0.2) is 38.3 Å². The van der Waals surface area contributed by atoms with E-state index in [0.717, 1.165) is 38.3 Å². The van der Waals surface area contributed by atoms with E-state index in [2.05, 4.69) is 16.0 Å². The summed E-state index contributed by atoms with van der Waals surface area (Å²) in [4.78, 5) is 0. The first-order chi connectivity index (χ1) is 6.47. The summed E-state index contributed by atoms with van der Waals surface area (Å²) in [7, 11) is 0. The van der Waals surface area contributed by atoms with Crippen LogP contribution in [0.15, 0.2) is 0 Å². The molecule has 0 aromatic carbocycles. The standard InChI is InChI=1S/C10H21N3/c1-2-4-10-9(3-1)12-7-5-11-6-8-13-10/h9-13H,1-8H2/t9-,10?/m1/s1. The lowest BCUT2D eigenvalue weighted by molar-refractivity contribution is 0.293. The fourth-order valence-corrected chi connectivity index (χ4v) is 2.44. The highest BCUT2D eigenvalue weighted by Crippen LogP contribution is 2.18. The van der Waals surface area contributed by atoms with Gasteiger partial charge in [0, 0.05) is 38.3 Å². The zero-order valence-corrected chi connectivity index (χ0v) is 8.31. The molecule has 0 aromatic rings. The van der Waals surface area contributed by atoms with E-state index in [9.17, 15) is 0 Å². The second kappa shape index (κ2) is 4.94. The zero-order valence-electron chi connectivity index (χ0n) is 8.31. The molecule has 13 heavy (non-hydrogen) atoms. The lowest BCUT2D eigenvalue weighted by atomic mass is 9.90. The van der Waals surface area contributed by atoms with Crippen LogP contribution in [0.25, 0.3) is 0 Å². The molecule has 0 bridgehead atoms. The highest BCUT2D eigenvalue weighted by atomic mass is 15.1. The summed E-state index contributed by atoms with van der Waals surface area (Å²) >= 11 is 0. The third-order valence-electron chi connectivity index (χ3n) is 3.18. The van der Waals surface area contributed by atoms with Crippen molar-refractivity contribution < 1.29 is 0 Å². The van der Waals surface area contributed by atoms with Crippen LogP contribution in [0.3, 0.4) is 0 Å². The van der Waals surface area contributed by atoms with Crippen LogP contribution < -0.4 is 16.0 Å². The highest BCUT2D eigenvalue weighted by molar-refractivity contribution is 4.87. The third-order valence-corrected chi connectivity index (χ3v) is 3.18. The van der Waals surface area contributed by atoms with Crippen LogP contribution in [0, 0.1) is 0 Å². The number of hydrogen-bond acceptors (Lipinski definition) is 3. The molecule has 76 valence electrons. The van der Waals surface area contributed by atoms with Crippen LogP contribution in [0.4, 0.5) is 0 Å². The van der Waals surface area contributed by atoms with Gasteiger partial charge in [0.2, 0.25) is 0 Å². The Labute approximate surface area is 80.7 Å². The maximum atomic E-state index is 3.64. The Morgan fingerprint density at radius 3 is 1.77 bits per heavy atom. The minimum Gasteiger partial charge on any atom is -0.314 e. The Morgan fingerprint density at radius 1 is 0.692 bits per heavy atom. The topological polar surface area (TPSA) is 36.1 Å². The lowest BCUT2D eigenvalue weighted by Crippen LogP contribution is -2.50. The van der Waals surface area contributed by atoms with Crippen molar-refractivity contribution in [2.45, 2.75) is 37.8 Å². The smallest absolute Gasteiger partial charge is 0.0221 e. The minimum atomic E-state index is 0.730. The first-order valence-electron chi connectivity index (χ1n) is 5.64. The van der Waals surface area contributed by atoms with E-state index in [1.54, 1.807) is 0 Å². The molecule has 1 saturated carbocycles. The maximum absolute atomic E-state index is 3.64. The fraction of sp³-hybridized carbons (Fsp3) is 1.00. The van der Waals surface area contributed by atoms with Crippen molar-refractivity contribution in [3.63, 3.8) is 0 Å². The Hall–Kier alpha value is -0.120. The van der Waals surface area contributed by atoms with Crippen molar-refractivity contribution in [3.8, 4) is 0 Å². The van der Waals surface area contributed by atoms with Gasteiger partial charge in [0.15, 0.2) is 0 Å². The molecule has 2 aliphatic rings. The molecule has 1 saturated heterocycles. The first kappa shape index (κ1) is 9.44. The molecule has 1 aliphatic heterocycles. The Balaban J connectivity index is 1.88. The van der Waals surface area contributed by atoms with Gasteiger partial charge in [-0.3, -0.25) is 0 Å². The molecule has 3 N–H and O–H groups in total. The number of hydrogen-bond donors (Lipinski definition) is 3. The van der Waals surface area contributed by atoms with E-state index in [4.69, 9.17) is 0 Å². The predicted molar refractivity (Wildman–Crippen MR) is 54.9 cm³/mol. The summed E-state index contributed by atoms with van der Waals surface area (Å²) in [5.41, 5.74) is 0. The Kier molecular flexibility index (Phi) is 3.58. The van der Waals surface area contributed by atoms with Gasteiger partial charge in [-0.05, 0) is 12.8 Å². The van der Waals surface area contributed by atoms with Crippen molar-refractivity contribution in [1.29, 1.82) is 0 Å². The molecule has 1 aliphatic carbocycles. The molecule has 3 heteroatoms. The molecule has 1 heterocycles. The normalized spacial score (nSPS) is 36.9. The van der Waals surface area contributed by atoms with Gasteiger partial charge >= 0.3 is 0 Å². The Morgan fingerprint density at radius 2 is 1.23 bits per heavy atom. The van der Waals surface area contributed by atoms with Crippen LogP contribution in [-0.2, 0) is 0 Å². The van der Waals surface area contributed by atoms with Crippen LogP contribution in [0.5, 0.6) is 0 Å². The molecule has 1 unspecified atom stereocenters. The zero-order chi connectivity index (χ0) is 8.93. The number of nitrogens with one attached hydrogen (secondary N) is 3. The molecule has 0 aromatic heterocycles. The van der Waals surface area contributed by atoms with Gasteiger partial charge in [0.25, 0.3) is 0 Å². The molecular formula is C10H21N3. The minimum absolute atomic E-state index is 0.730. The van der Waals surface area contributed by atoms with Gasteiger partial charge in [0.1, 0.15) is 0 Å². The fourth-order valence-electron chi connectivity index (χ4n) is 2.44. The van der Waals surface area contributed by atoms with E-state index in [1.165, 1.54) is 25.7 Å². The molecule has 2 fully saturated rings. The van der Waals surface area contributed by atoms with Gasteiger partial charge in [0.05, 0.1) is 0 Å². The Bertz CT molecular complexity index is 133. The maximum Gasteiger partial charge on any atom is 0.0221 e. The quantitative estimate of drug-likeness (QED) is 0.498. The van der Waals surface area contributed by atoms with Gasteiger partial charge in [-0.15, -0.1) is 0 Å². The summed E-state index contributed by atoms with van der Waals surface area (Å²) in [5, 5.41) is 10.7. The summed E-state index contributed by atoms with van der Waals surface area (Å²) in [6, 6.07) is 1.46. The van der Waals surface area contributed by atoms with Crippen molar-refractivity contribution in [2.24, 2.45) is 0 Å². The van der Waals surface area contributed by atoms with Crippen molar-refractivity contribution in [1.82, 2.24) is 16.0 Å². The molecule has 0 amide bonds. The first-order valence-corrected chi connectivity index (χ1v) is 5.64. The van der Waals surface area contributed by atoms with Crippen LogP contribution >= 0.6 is 0 Å². The second-order valence-corrected chi connectivity index (χ2v) is 4.16. The molecule has 0 spiro atoms. The number of rotatable bonds is 0. The summed E-state index contributed by atoms with van der Waals surface area (Å²) < 4.78 is 0. The summed E-state index contributed by atoms with van der Waals surface area (Å²) in [5.74, 6) is 0. The molecule has 3 nitrogen and oxygen atoms in total. The van der Waals surface area contributed by atoms with E-state index in [-0.39, 0.29) is 0 Å². The van der Waals surface area contributed by atoms with E-state index < -0.39 is 0 Å². The van der Waals surface area contributed by atoms with Crippen molar-refractivity contribution >= 4 is 0 Å². The van der Waals surface area contributed by atoms with Crippen LogP contribution in [0.1, 0.15) is 25.7 Å². The van der Waals surface area contributed by atoms with E-state index in [1.807, 2.05) is 0 Å². The van der Waals surface area contributed by atoms with Gasteiger partial charge in [-0.2, -0.15) is 0 Å². The predicted octanol–water partition coefficient (Wildman–Crippen LogP) is 0.0800. The highest BCUT2D eigenvalue weighted by Gasteiger charge is 2.24. The molecule has 2 rings (SSSR count). The van der Waals surface area contributed by atoms with E-state index >= 15 is 0 Å². The monoisotopic (exact) mass is 183 g/mol. The molecular weight excluding hydrogens is 162 g/mol. The average molecular weight is 183 g/mol. The van der Waals surface area contributed by atoms with Gasteiger partial charge < -0.3 is 16.0 Å². The SMILES string of the molecule is C1CC[C@H]2NCCNCCNC2C1. The van der Waals surface area contributed by atoms with Gasteiger partial charge in [-0.25, -0.2) is 0 Å². The van der Waals surface area contributed by atoms with Gasteiger partial charge in [-0.1, -0.05) is 12.8 Å². The number of fused-ring (bicyclic) bond motifs is 1. The lowest BCUT2D eigenvalue weighted by Gasteiger charge is -2.32.